The van der Waals surface area contributed by atoms with Gasteiger partial charge < -0.3 is 10.3 Å². The van der Waals surface area contributed by atoms with Crippen LogP contribution in [0.5, 0.6) is 0 Å². The van der Waals surface area contributed by atoms with Gasteiger partial charge in [0, 0.05) is 18.0 Å². The van der Waals surface area contributed by atoms with E-state index in [4.69, 9.17) is 10.3 Å². The van der Waals surface area contributed by atoms with Crippen molar-refractivity contribution in [2.45, 2.75) is 19.4 Å². The van der Waals surface area contributed by atoms with Crippen molar-refractivity contribution in [2.75, 3.05) is 12.0 Å². The molecule has 2 rings (SSSR count). The fraction of sp³-hybridized carbons (Fsp3) is 0.417. The van der Waals surface area contributed by atoms with Gasteiger partial charge in [0.15, 0.2) is 0 Å². The molecule has 0 aliphatic rings. The zero-order valence-electron chi connectivity index (χ0n) is 10.5. The lowest BCUT2D eigenvalue weighted by Gasteiger charge is -2.03. The van der Waals surface area contributed by atoms with Crippen molar-refractivity contribution in [1.82, 2.24) is 15.1 Å². The van der Waals surface area contributed by atoms with Gasteiger partial charge in [0.05, 0.1) is 6.04 Å². The molecule has 0 radical (unpaired) electrons. The molecule has 2 heterocycles. The number of hydrogen-bond donors (Lipinski definition) is 1. The maximum atomic E-state index is 5.99. The number of nitrogens with two attached hydrogens (primary N) is 1. The molecule has 6 heteroatoms. The van der Waals surface area contributed by atoms with Gasteiger partial charge in [-0.2, -0.15) is 16.7 Å². The molecule has 0 saturated carbocycles. The Morgan fingerprint density at radius 3 is 3.06 bits per heavy atom. The Morgan fingerprint density at radius 2 is 2.33 bits per heavy atom. The van der Waals surface area contributed by atoms with Gasteiger partial charge in [-0.1, -0.05) is 5.16 Å². The number of rotatable bonds is 5. The van der Waals surface area contributed by atoms with Crippen LogP contribution in [0.3, 0.4) is 0 Å². The molecule has 0 saturated heterocycles. The molecule has 1 atom stereocenters. The van der Waals surface area contributed by atoms with Crippen LogP contribution in [-0.4, -0.2) is 27.1 Å². The molecule has 96 valence electrons. The molecule has 0 spiro atoms. The van der Waals surface area contributed by atoms with Gasteiger partial charge >= 0.3 is 0 Å². The average molecular weight is 264 g/mol. The zero-order chi connectivity index (χ0) is 13.0. The SMILES string of the molecule is CSCCC(N)c1nc(-c2ccncc2C)no1. The molecule has 0 fully saturated rings. The van der Waals surface area contributed by atoms with Crippen molar-refractivity contribution in [3.05, 3.63) is 29.9 Å². The van der Waals surface area contributed by atoms with Crippen LogP contribution in [-0.2, 0) is 0 Å². The van der Waals surface area contributed by atoms with Crippen LogP contribution < -0.4 is 5.73 Å². The standard InChI is InChI=1S/C12H16N4OS/c1-8-7-14-5-3-9(8)11-15-12(17-16-11)10(13)4-6-18-2/h3,5,7,10H,4,6,13H2,1-2H3. The third kappa shape index (κ3) is 2.88. The summed E-state index contributed by atoms with van der Waals surface area (Å²) in [6.45, 7) is 1.96. The van der Waals surface area contributed by atoms with Gasteiger partial charge in [0.25, 0.3) is 0 Å². The monoisotopic (exact) mass is 264 g/mol. The summed E-state index contributed by atoms with van der Waals surface area (Å²) in [5.41, 5.74) is 7.93. The van der Waals surface area contributed by atoms with Gasteiger partial charge in [-0.05, 0) is 37.0 Å². The van der Waals surface area contributed by atoms with E-state index in [2.05, 4.69) is 15.1 Å². The van der Waals surface area contributed by atoms with Crippen molar-refractivity contribution in [2.24, 2.45) is 5.73 Å². The van der Waals surface area contributed by atoms with Crippen LogP contribution >= 0.6 is 11.8 Å². The smallest absolute Gasteiger partial charge is 0.243 e. The second kappa shape index (κ2) is 5.97. The van der Waals surface area contributed by atoms with Gasteiger partial charge in [0.1, 0.15) is 0 Å². The van der Waals surface area contributed by atoms with E-state index in [1.165, 1.54) is 0 Å². The van der Waals surface area contributed by atoms with E-state index in [1.54, 1.807) is 24.2 Å². The summed E-state index contributed by atoms with van der Waals surface area (Å²) in [4.78, 5) is 8.39. The third-order valence-corrected chi connectivity index (χ3v) is 3.30. The summed E-state index contributed by atoms with van der Waals surface area (Å²) in [6.07, 6.45) is 6.37. The summed E-state index contributed by atoms with van der Waals surface area (Å²) >= 11 is 1.75. The van der Waals surface area contributed by atoms with Crippen LogP contribution in [0.2, 0.25) is 0 Å². The predicted octanol–water partition coefficient (Wildman–Crippen LogP) is 2.19. The lowest BCUT2D eigenvalue weighted by molar-refractivity contribution is 0.353. The van der Waals surface area contributed by atoms with Crippen LogP contribution in [0, 0.1) is 6.92 Å². The summed E-state index contributed by atoms with van der Waals surface area (Å²) in [5.74, 6) is 2.05. The maximum Gasteiger partial charge on any atom is 0.243 e. The molecule has 1 unspecified atom stereocenters. The van der Waals surface area contributed by atoms with Crippen molar-refractivity contribution in [3.8, 4) is 11.4 Å². The minimum absolute atomic E-state index is 0.194. The molecule has 5 nitrogen and oxygen atoms in total. The topological polar surface area (TPSA) is 77.8 Å². The minimum atomic E-state index is -0.194. The normalized spacial score (nSPS) is 12.6. The molecule has 2 aromatic heterocycles. The quantitative estimate of drug-likeness (QED) is 0.892. The Labute approximate surface area is 110 Å². The van der Waals surface area contributed by atoms with E-state index in [-0.39, 0.29) is 6.04 Å². The van der Waals surface area contributed by atoms with Gasteiger partial charge in [-0.3, -0.25) is 4.98 Å². The van der Waals surface area contributed by atoms with Crippen molar-refractivity contribution in [3.63, 3.8) is 0 Å². The Balaban J connectivity index is 2.18. The Bertz CT molecular complexity index is 514. The van der Waals surface area contributed by atoms with Crippen LogP contribution in [0.15, 0.2) is 23.0 Å². The first-order chi connectivity index (χ1) is 8.72. The number of nitrogens with zero attached hydrogens (tertiary/aromatic N) is 3. The molecule has 2 aromatic rings. The van der Waals surface area contributed by atoms with Crippen molar-refractivity contribution < 1.29 is 4.52 Å². The first-order valence-corrected chi connectivity index (χ1v) is 7.11. The summed E-state index contributed by atoms with van der Waals surface area (Å²) in [5, 5.41) is 3.98. The first-order valence-electron chi connectivity index (χ1n) is 5.71. The highest BCUT2D eigenvalue weighted by Gasteiger charge is 2.16. The molecule has 0 aromatic carbocycles. The molecule has 0 bridgehead atoms. The summed E-state index contributed by atoms with van der Waals surface area (Å²) in [7, 11) is 0. The Hall–Kier alpha value is -1.40. The zero-order valence-corrected chi connectivity index (χ0v) is 11.3. The van der Waals surface area contributed by atoms with Crippen LogP contribution in [0.25, 0.3) is 11.4 Å². The second-order valence-electron chi connectivity index (χ2n) is 4.03. The first kappa shape index (κ1) is 13.0. The second-order valence-corrected chi connectivity index (χ2v) is 5.02. The molecule has 0 amide bonds. The maximum absolute atomic E-state index is 5.99. The number of thioether (sulfide) groups is 1. The predicted molar refractivity (Wildman–Crippen MR) is 72.2 cm³/mol. The minimum Gasteiger partial charge on any atom is -0.337 e. The fourth-order valence-corrected chi connectivity index (χ4v) is 2.08. The highest BCUT2D eigenvalue weighted by Crippen LogP contribution is 2.21. The van der Waals surface area contributed by atoms with Crippen LogP contribution in [0.4, 0.5) is 0 Å². The van der Waals surface area contributed by atoms with Crippen molar-refractivity contribution in [1.29, 1.82) is 0 Å². The van der Waals surface area contributed by atoms with E-state index >= 15 is 0 Å². The van der Waals surface area contributed by atoms with E-state index < -0.39 is 0 Å². The summed E-state index contributed by atoms with van der Waals surface area (Å²) < 4.78 is 5.22. The Morgan fingerprint density at radius 1 is 1.50 bits per heavy atom. The van der Waals surface area contributed by atoms with Gasteiger partial charge in [-0.25, -0.2) is 0 Å². The van der Waals surface area contributed by atoms with E-state index in [0.29, 0.717) is 11.7 Å². The number of hydrogen-bond acceptors (Lipinski definition) is 6. The molecule has 2 N–H and O–H groups in total. The Kier molecular flexibility index (Phi) is 4.33. The van der Waals surface area contributed by atoms with Crippen molar-refractivity contribution >= 4 is 11.8 Å². The van der Waals surface area contributed by atoms with Gasteiger partial charge in [-0.15, -0.1) is 0 Å². The highest BCUT2D eigenvalue weighted by molar-refractivity contribution is 7.98. The van der Waals surface area contributed by atoms with E-state index in [1.807, 2.05) is 19.2 Å². The lowest BCUT2D eigenvalue weighted by Crippen LogP contribution is -2.11. The largest absolute Gasteiger partial charge is 0.337 e. The fourth-order valence-electron chi connectivity index (χ4n) is 1.59. The van der Waals surface area contributed by atoms with E-state index in [0.717, 1.165) is 23.3 Å². The van der Waals surface area contributed by atoms with E-state index in [9.17, 15) is 0 Å². The van der Waals surface area contributed by atoms with Gasteiger partial charge in [0.2, 0.25) is 11.7 Å². The lowest BCUT2D eigenvalue weighted by atomic mass is 10.1. The summed E-state index contributed by atoms with van der Waals surface area (Å²) in [6, 6.07) is 1.68. The number of aromatic nitrogens is 3. The molecular weight excluding hydrogens is 248 g/mol. The number of aryl methyl sites for hydroxylation is 1. The molecule has 0 aliphatic heterocycles. The molecule has 18 heavy (non-hydrogen) atoms. The number of pyridine rings is 1. The molecule has 0 aliphatic carbocycles. The highest BCUT2D eigenvalue weighted by atomic mass is 32.2. The van der Waals surface area contributed by atoms with Crippen LogP contribution in [0.1, 0.15) is 23.9 Å². The molecular formula is C12H16N4OS. The third-order valence-electron chi connectivity index (χ3n) is 2.65. The average Bonchev–Trinajstić information content (AvgIpc) is 2.86.